The molecule has 0 spiro atoms. The van der Waals surface area contributed by atoms with Crippen LogP contribution in [0.25, 0.3) is 6.08 Å². The van der Waals surface area contributed by atoms with Gasteiger partial charge in [-0.1, -0.05) is 109 Å². The summed E-state index contributed by atoms with van der Waals surface area (Å²) < 4.78 is 11.0. The Morgan fingerprint density at radius 2 is 1.74 bits per heavy atom. The van der Waals surface area contributed by atoms with E-state index in [1.54, 1.807) is 43.4 Å². The molecule has 1 aliphatic heterocycles. The smallest absolute Gasteiger partial charge is 0.285 e. The van der Waals surface area contributed by atoms with E-state index in [1.807, 2.05) is 67.6 Å². The van der Waals surface area contributed by atoms with Gasteiger partial charge in [-0.15, -0.1) is 0 Å². The van der Waals surface area contributed by atoms with E-state index in [9.17, 15) is 14.4 Å². The van der Waals surface area contributed by atoms with Crippen LogP contribution in [0.1, 0.15) is 36.6 Å². The number of amides is 3. The van der Waals surface area contributed by atoms with Crippen LogP contribution < -0.4 is 14.8 Å². The molecule has 0 radical (unpaired) electrons. The number of hydrogen-bond donors (Lipinski definition) is 1. The van der Waals surface area contributed by atoms with Gasteiger partial charge < -0.3 is 14.8 Å². The number of amidine groups is 1. The summed E-state index contributed by atoms with van der Waals surface area (Å²) in [4.78, 5) is 46.2. The van der Waals surface area contributed by atoms with Crippen LogP contribution in [0.2, 0.25) is 5.02 Å². The summed E-state index contributed by atoms with van der Waals surface area (Å²) in [5.74, 6) is -1.04. The topological polar surface area (TPSA) is 97.3 Å². The molecule has 8 nitrogen and oxygen atoms in total. The lowest BCUT2D eigenvalue weighted by Crippen LogP contribution is -2.42. The monoisotopic (exact) mass is 655 g/mol. The predicted molar refractivity (Wildman–Crippen MR) is 185 cm³/mol. The number of nitrogens with one attached hydrogen (secondary N) is 1. The quantitative estimate of drug-likeness (QED) is 0.127. The molecule has 236 valence electrons. The number of methoxy groups -OCH3 is 1. The molecule has 3 aromatic rings. The summed E-state index contributed by atoms with van der Waals surface area (Å²) in [7, 11) is 1.47. The lowest BCUT2D eigenvalue weighted by molar-refractivity contribution is -0.126. The van der Waals surface area contributed by atoms with Crippen molar-refractivity contribution in [3.05, 3.63) is 137 Å². The van der Waals surface area contributed by atoms with Gasteiger partial charge in [0.25, 0.3) is 11.8 Å². The number of carbonyl (C=O) groups is 3. The number of benzene rings is 3. The normalized spacial score (nSPS) is 14.5. The van der Waals surface area contributed by atoms with Crippen molar-refractivity contribution in [3.8, 4) is 11.5 Å². The van der Waals surface area contributed by atoms with Gasteiger partial charge in [-0.05, 0) is 54.8 Å². The standard InChI is InChI=1S/C36H34ClN3O5S/c1-5-8-19-27(6-2)40-35(43)28(20-24-21-29(37)33(45-7-3)30(22-24)44-4)34(42)39-36(40)46-23-31(41)38-32(25-15-11-9-12-16-25)26-17-13-10-14-18-26/h5-6,8-22,32H,1,7,23H2,2-4H3,(H,38,41)/b19-8-,27-6+,28-20+. The first kappa shape index (κ1) is 34.0. The number of hydrogen-bond acceptors (Lipinski definition) is 6. The van der Waals surface area contributed by atoms with Crippen molar-refractivity contribution in [1.82, 2.24) is 10.2 Å². The summed E-state index contributed by atoms with van der Waals surface area (Å²) in [5.41, 5.74) is 2.55. The molecular formula is C36H34ClN3O5S. The lowest BCUT2D eigenvalue weighted by Gasteiger charge is -2.28. The number of halogens is 1. The predicted octanol–water partition coefficient (Wildman–Crippen LogP) is 7.14. The summed E-state index contributed by atoms with van der Waals surface area (Å²) in [5, 5.41) is 3.42. The largest absolute Gasteiger partial charge is 0.493 e. The Hall–Kier alpha value is -4.86. The second kappa shape index (κ2) is 16.5. The minimum Gasteiger partial charge on any atom is -0.493 e. The average Bonchev–Trinajstić information content (AvgIpc) is 3.07. The molecule has 3 amide bonds. The van der Waals surface area contributed by atoms with E-state index >= 15 is 0 Å². The second-order valence-corrected chi connectivity index (χ2v) is 11.1. The first-order chi connectivity index (χ1) is 22.3. The maximum Gasteiger partial charge on any atom is 0.285 e. The molecule has 3 aromatic carbocycles. The number of ether oxygens (including phenoxy) is 2. The summed E-state index contributed by atoms with van der Waals surface area (Å²) in [6.07, 6.45) is 8.02. The molecule has 0 aromatic heterocycles. The molecule has 0 bridgehead atoms. The van der Waals surface area contributed by atoms with Crippen LogP contribution in [0.3, 0.4) is 0 Å². The van der Waals surface area contributed by atoms with Crippen molar-refractivity contribution >= 4 is 52.3 Å². The third kappa shape index (κ3) is 8.24. The molecule has 0 aliphatic carbocycles. The highest BCUT2D eigenvalue weighted by Crippen LogP contribution is 2.37. The van der Waals surface area contributed by atoms with E-state index in [4.69, 9.17) is 21.1 Å². The molecule has 0 atom stereocenters. The molecule has 1 heterocycles. The number of allylic oxidation sites excluding steroid dienone is 4. The van der Waals surface area contributed by atoms with Crippen LogP contribution in [0.5, 0.6) is 11.5 Å². The Balaban J connectivity index is 1.65. The van der Waals surface area contributed by atoms with Gasteiger partial charge in [-0.25, -0.2) is 0 Å². The first-order valence-corrected chi connectivity index (χ1v) is 15.8. The zero-order valence-electron chi connectivity index (χ0n) is 25.7. The van der Waals surface area contributed by atoms with Gasteiger partial charge in [0.2, 0.25) is 5.91 Å². The number of carbonyl (C=O) groups excluding carboxylic acids is 3. The highest BCUT2D eigenvalue weighted by Gasteiger charge is 2.35. The number of rotatable bonds is 12. The molecule has 10 heteroatoms. The van der Waals surface area contributed by atoms with E-state index in [0.29, 0.717) is 29.4 Å². The SMILES string of the molecule is C=C/C=C\C(=C/C)N1C(=O)/C(=C/c2cc(Cl)c(OCC)c(OC)c2)C(=O)N=C1SCC(=O)NC(c1ccccc1)c1ccccc1. The minimum absolute atomic E-state index is 0.0717. The Morgan fingerprint density at radius 1 is 1.09 bits per heavy atom. The maximum atomic E-state index is 14.0. The molecule has 1 N–H and O–H groups in total. The average molecular weight is 656 g/mol. The molecule has 4 rings (SSSR count). The fraction of sp³-hybridized carbons (Fsp3) is 0.167. The summed E-state index contributed by atoms with van der Waals surface area (Å²) in [6, 6.07) is 22.1. The van der Waals surface area contributed by atoms with Crippen LogP contribution in [0, 0.1) is 0 Å². The number of thioether (sulfide) groups is 1. The van der Waals surface area contributed by atoms with Crippen molar-refractivity contribution in [3.63, 3.8) is 0 Å². The minimum atomic E-state index is -0.747. The molecule has 0 unspecified atom stereocenters. The van der Waals surface area contributed by atoms with Crippen LogP contribution in [0.15, 0.2) is 120 Å². The van der Waals surface area contributed by atoms with E-state index in [1.165, 1.54) is 18.1 Å². The van der Waals surface area contributed by atoms with E-state index in [2.05, 4.69) is 16.9 Å². The third-order valence-electron chi connectivity index (χ3n) is 6.76. The lowest BCUT2D eigenvalue weighted by atomic mass is 9.99. The van der Waals surface area contributed by atoms with Gasteiger partial charge >= 0.3 is 0 Å². The molecule has 0 fully saturated rings. The molecule has 0 saturated heterocycles. The maximum absolute atomic E-state index is 14.0. The van der Waals surface area contributed by atoms with Crippen LogP contribution >= 0.6 is 23.4 Å². The van der Waals surface area contributed by atoms with Gasteiger partial charge in [0.15, 0.2) is 16.7 Å². The zero-order chi connectivity index (χ0) is 33.1. The Morgan fingerprint density at radius 3 is 2.30 bits per heavy atom. The van der Waals surface area contributed by atoms with Gasteiger partial charge in [0.05, 0.1) is 30.5 Å². The highest BCUT2D eigenvalue weighted by atomic mass is 35.5. The van der Waals surface area contributed by atoms with Crippen molar-refractivity contribution in [2.45, 2.75) is 19.9 Å². The Bertz CT molecular complexity index is 1680. The fourth-order valence-electron chi connectivity index (χ4n) is 4.67. The highest BCUT2D eigenvalue weighted by molar-refractivity contribution is 8.14. The van der Waals surface area contributed by atoms with Gasteiger partial charge in [0.1, 0.15) is 5.57 Å². The van der Waals surface area contributed by atoms with Crippen molar-refractivity contribution in [2.24, 2.45) is 4.99 Å². The van der Waals surface area contributed by atoms with Gasteiger partial charge in [-0.2, -0.15) is 4.99 Å². The molecule has 46 heavy (non-hydrogen) atoms. The molecular weight excluding hydrogens is 622 g/mol. The van der Waals surface area contributed by atoms with Crippen LogP contribution in [0.4, 0.5) is 0 Å². The number of aliphatic imine (C=N–C) groups is 1. The van der Waals surface area contributed by atoms with Crippen LogP contribution in [-0.4, -0.2) is 47.3 Å². The van der Waals surface area contributed by atoms with E-state index < -0.39 is 17.9 Å². The van der Waals surface area contributed by atoms with Crippen molar-refractivity contribution in [1.29, 1.82) is 0 Å². The number of nitrogens with zero attached hydrogens (tertiary/aromatic N) is 2. The Labute approximate surface area is 278 Å². The molecule has 0 saturated carbocycles. The van der Waals surface area contributed by atoms with Crippen molar-refractivity contribution in [2.75, 3.05) is 19.5 Å². The molecule has 1 aliphatic rings. The van der Waals surface area contributed by atoms with Crippen LogP contribution in [-0.2, 0) is 14.4 Å². The fourth-order valence-corrected chi connectivity index (χ4v) is 5.75. The van der Waals surface area contributed by atoms with Gasteiger partial charge in [0, 0.05) is 5.70 Å². The second-order valence-electron chi connectivity index (χ2n) is 9.78. The third-order valence-corrected chi connectivity index (χ3v) is 7.98. The zero-order valence-corrected chi connectivity index (χ0v) is 27.3. The first-order valence-electron chi connectivity index (χ1n) is 14.5. The van der Waals surface area contributed by atoms with Crippen molar-refractivity contribution < 1.29 is 23.9 Å². The van der Waals surface area contributed by atoms with E-state index in [0.717, 1.165) is 22.9 Å². The summed E-state index contributed by atoms with van der Waals surface area (Å²) in [6.45, 7) is 7.66. The van der Waals surface area contributed by atoms with E-state index in [-0.39, 0.29) is 27.4 Å². The Kier molecular flexibility index (Phi) is 12.2. The van der Waals surface area contributed by atoms with Gasteiger partial charge in [-0.3, -0.25) is 19.3 Å². The summed E-state index contributed by atoms with van der Waals surface area (Å²) >= 11 is 7.43.